The number of benzene rings is 1. The molecule has 0 aliphatic carbocycles. The summed E-state index contributed by atoms with van der Waals surface area (Å²) in [4.78, 5) is 25.2. The molecule has 3 heterocycles. The molecule has 37 heavy (non-hydrogen) atoms. The first-order chi connectivity index (χ1) is 17.6. The minimum absolute atomic E-state index is 0.00852. The van der Waals surface area contributed by atoms with Crippen molar-refractivity contribution < 1.29 is 13.9 Å². The van der Waals surface area contributed by atoms with Gasteiger partial charge in [-0.15, -0.1) is 11.3 Å². The highest BCUT2D eigenvalue weighted by atomic mass is 32.1. The fraction of sp³-hybridized carbons (Fsp3) is 0.367. The first-order valence-electron chi connectivity index (χ1n) is 12.5. The molecule has 7 heteroatoms. The van der Waals surface area contributed by atoms with Gasteiger partial charge in [-0.05, 0) is 47.2 Å². The summed E-state index contributed by atoms with van der Waals surface area (Å²) in [6, 6.07) is 10.9. The van der Waals surface area contributed by atoms with E-state index in [1.54, 1.807) is 48.7 Å². The summed E-state index contributed by atoms with van der Waals surface area (Å²) in [5, 5.41) is 0. The van der Waals surface area contributed by atoms with Crippen molar-refractivity contribution >= 4 is 29.0 Å². The van der Waals surface area contributed by atoms with Crippen LogP contribution in [0.25, 0.3) is 16.7 Å². The predicted octanol–water partition coefficient (Wildman–Crippen LogP) is 7.54. The fourth-order valence-electron chi connectivity index (χ4n) is 4.06. The number of aliphatic imine (C=N–C) groups is 1. The molecule has 5 nitrogen and oxygen atoms in total. The van der Waals surface area contributed by atoms with E-state index in [0.717, 1.165) is 21.6 Å². The Morgan fingerprint density at radius 3 is 2.49 bits per heavy atom. The van der Waals surface area contributed by atoms with Crippen LogP contribution in [0.4, 0.5) is 4.39 Å². The van der Waals surface area contributed by atoms with E-state index in [9.17, 15) is 4.79 Å². The number of pyridine rings is 1. The van der Waals surface area contributed by atoms with E-state index in [2.05, 4.69) is 36.8 Å². The van der Waals surface area contributed by atoms with Crippen LogP contribution in [0.15, 0.2) is 47.5 Å². The Kier molecular flexibility index (Phi) is 9.02. The lowest BCUT2D eigenvalue weighted by Gasteiger charge is -2.19. The molecule has 0 bridgehead atoms. The van der Waals surface area contributed by atoms with E-state index in [1.165, 1.54) is 10.9 Å². The quantitative estimate of drug-likeness (QED) is 0.315. The highest BCUT2D eigenvalue weighted by molar-refractivity contribution is 7.14. The monoisotopic (exact) mass is 521 g/mol. The Bertz CT molecular complexity index is 1340. The number of rotatable bonds is 6. The lowest BCUT2D eigenvalue weighted by atomic mass is 9.94. The zero-order valence-corrected chi connectivity index (χ0v) is 23.8. The van der Waals surface area contributed by atoms with Crippen LogP contribution in [0.5, 0.6) is 5.88 Å². The summed E-state index contributed by atoms with van der Waals surface area (Å²) in [5.41, 5.74) is 4.57. The van der Waals surface area contributed by atoms with Crippen molar-refractivity contribution in [2.24, 2.45) is 4.99 Å². The number of hydrogen-bond donors (Lipinski definition) is 0. The molecule has 196 valence electrons. The summed E-state index contributed by atoms with van der Waals surface area (Å²) < 4.78 is 20.6. The van der Waals surface area contributed by atoms with Gasteiger partial charge in [-0.1, -0.05) is 52.8 Å². The SMILES string of the molecule is C/C=C(\C=NC)c1cc(-c2ccc(CN3Cc4cc(C(C)(C)C)sc4C3=O)c(F)c2)cc(OC)n1.CC. The Hall–Kier alpha value is -3.32. The third kappa shape index (κ3) is 6.16. The number of aromatic nitrogens is 1. The lowest BCUT2D eigenvalue weighted by Crippen LogP contribution is -2.24. The van der Waals surface area contributed by atoms with E-state index in [0.29, 0.717) is 29.2 Å². The largest absolute Gasteiger partial charge is 0.481 e. The molecule has 3 aromatic rings. The number of halogens is 1. The molecule has 1 aliphatic heterocycles. The zero-order valence-electron chi connectivity index (χ0n) is 23.0. The number of methoxy groups -OCH3 is 1. The van der Waals surface area contributed by atoms with Crippen molar-refractivity contribution in [1.29, 1.82) is 0 Å². The normalized spacial score (nSPS) is 13.6. The Balaban J connectivity index is 0.00000186. The van der Waals surface area contributed by atoms with E-state index >= 15 is 4.39 Å². The molecular formula is C30H36FN3O2S. The maximum absolute atomic E-state index is 15.2. The molecular weight excluding hydrogens is 485 g/mol. The molecule has 0 saturated carbocycles. The highest BCUT2D eigenvalue weighted by Crippen LogP contribution is 2.38. The molecule has 1 amide bonds. The van der Waals surface area contributed by atoms with Crippen LogP contribution in [0.1, 0.15) is 72.9 Å². The maximum Gasteiger partial charge on any atom is 0.264 e. The van der Waals surface area contributed by atoms with E-state index < -0.39 is 0 Å². The molecule has 1 aliphatic rings. The van der Waals surface area contributed by atoms with Gasteiger partial charge < -0.3 is 9.64 Å². The van der Waals surface area contributed by atoms with Crippen molar-refractivity contribution in [3.63, 3.8) is 0 Å². The second-order valence-corrected chi connectivity index (χ2v) is 10.6. The smallest absolute Gasteiger partial charge is 0.264 e. The molecule has 0 unspecified atom stereocenters. The number of amides is 1. The third-order valence-corrected chi connectivity index (χ3v) is 7.62. The summed E-state index contributed by atoms with van der Waals surface area (Å²) in [7, 11) is 3.26. The topological polar surface area (TPSA) is 54.8 Å². The van der Waals surface area contributed by atoms with Gasteiger partial charge in [-0.3, -0.25) is 9.79 Å². The molecule has 0 fully saturated rings. The minimum atomic E-state index is -0.348. The second kappa shape index (κ2) is 11.8. The summed E-state index contributed by atoms with van der Waals surface area (Å²) in [5.74, 6) is 0.0675. The van der Waals surface area contributed by atoms with Crippen LogP contribution in [-0.2, 0) is 18.5 Å². The van der Waals surface area contributed by atoms with Gasteiger partial charge in [0.25, 0.3) is 5.91 Å². The van der Waals surface area contributed by atoms with Gasteiger partial charge in [-0.2, -0.15) is 0 Å². The molecule has 0 spiro atoms. The Labute approximate surface area is 223 Å². The zero-order chi connectivity index (χ0) is 27.3. The van der Waals surface area contributed by atoms with Crippen LogP contribution in [0, 0.1) is 5.82 Å². The van der Waals surface area contributed by atoms with E-state index in [4.69, 9.17) is 4.74 Å². The van der Waals surface area contributed by atoms with Gasteiger partial charge in [0.1, 0.15) is 5.82 Å². The summed E-state index contributed by atoms with van der Waals surface area (Å²) in [6.45, 7) is 13.1. The number of fused-ring (bicyclic) bond motifs is 1. The van der Waals surface area contributed by atoms with Crippen LogP contribution in [0.3, 0.4) is 0 Å². The van der Waals surface area contributed by atoms with Gasteiger partial charge in [-0.25, -0.2) is 9.37 Å². The maximum atomic E-state index is 15.2. The summed E-state index contributed by atoms with van der Waals surface area (Å²) in [6.07, 6.45) is 3.64. The van der Waals surface area contributed by atoms with Crippen molar-refractivity contribution in [3.05, 3.63) is 74.9 Å². The number of ether oxygens (including phenoxy) is 1. The molecule has 0 atom stereocenters. The first kappa shape index (κ1) is 28.3. The van der Waals surface area contributed by atoms with Crippen LogP contribution in [-0.4, -0.2) is 36.2 Å². The molecule has 1 aromatic carbocycles. The molecule has 0 radical (unpaired) electrons. The van der Waals surface area contributed by atoms with Crippen LogP contribution < -0.4 is 4.74 Å². The molecule has 4 rings (SSSR count). The van der Waals surface area contributed by atoms with Gasteiger partial charge in [0, 0.05) is 48.4 Å². The van der Waals surface area contributed by atoms with Gasteiger partial charge in [0.15, 0.2) is 0 Å². The second-order valence-electron chi connectivity index (χ2n) is 9.60. The molecule has 0 saturated heterocycles. The number of nitrogens with zero attached hydrogens (tertiary/aromatic N) is 3. The lowest BCUT2D eigenvalue weighted by molar-refractivity contribution is 0.0768. The third-order valence-electron chi connectivity index (χ3n) is 6.02. The Morgan fingerprint density at radius 2 is 1.92 bits per heavy atom. The molecule has 2 aromatic heterocycles. The fourth-order valence-corrected chi connectivity index (χ4v) is 5.26. The summed E-state index contributed by atoms with van der Waals surface area (Å²) >= 11 is 1.55. The van der Waals surface area contributed by atoms with Gasteiger partial charge >= 0.3 is 0 Å². The highest BCUT2D eigenvalue weighted by Gasteiger charge is 2.32. The standard InChI is InChI=1S/C28H30FN3O2S.C2H6/c1-7-17(14-30-5)23-11-20(13-25(31-23)34-6)18-8-9-19(22(29)10-18)15-32-16-21-12-24(28(2,3)4)35-26(21)27(32)33;1-2/h7-14H,15-16H2,1-6H3;1-2H3/b17-7+,30-14?;. The van der Waals surface area contributed by atoms with Crippen molar-refractivity contribution in [2.75, 3.05) is 14.2 Å². The number of carbonyl (C=O) groups excluding carboxylic acids is 1. The average Bonchev–Trinajstić information content (AvgIpc) is 3.44. The van der Waals surface area contributed by atoms with Crippen LogP contribution >= 0.6 is 11.3 Å². The van der Waals surface area contributed by atoms with E-state index in [-0.39, 0.29) is 23.7 Å². The number of allylic oxidation sites excluding steroid dienone is 2. The van der Waals surface area contributed by atoms with Gasteiger partial charge in [0.05, 0.1) is 17.7 Å². The predicted molar refractivity (Wildman–Crippen MR) is 152 cm³/mol. The van der Waals surface area contributed by atoms with Crippen molar-refractivity contribution in [1.82, 2.24) is 9.88 Å². The van der Waals surface area contributed by atoms with Crippen molar-refractivity contribution in [2.45, 2.75) is 60.0 Å². The number of thiophene rings is 1. The minimum Gasteiger partial charge on any atom is -0.481 e. The van der Waals surface area contributed by atoms with E-state index in [1.807, 2.05) is 39.0 Å². The van der Waals surface area contributed by atoms with Gasteiger partial charge in [0.2, 0.25) is 5.88 Å². The Morgan fingerprint density at radius 1 is 1.19 bits per heavy atom. The average molecular weight is 522 g/mol. The van der Waals surface area contributed by atoms with Crippen LogP contribution in [0.2, 0.25) is 0 Å². The first-order valence-corrected chi connectivity index (χ1v) is 13.3. The number of carbonyl (C=O) groups is 1. The number of hydrogen-bond acceptors (Lipinski definition) is 5. The molecule has 0 N–H and O–H groups in total. The van der Waals surface area contributed by atoms with Crippen molar-refractivity contribution in [3.8, 4) is 17.0 Å².